The van der Waals surface area contributed by atoms with Gasteiger partial charge >= 0.3 is 5.97 Å². The van der Waals surface area contributed by atoms with Crippen LogP contribution < -0.4 is 15.5 Å². The number of phenolic OH excluding ortho intramolecular Hbond substituents is 1. The van der Waals surface area contributed by atoms with Crippen molar-refractivity contribution in [3.05, 3.63) is 59.7 Å². The Balaban J connectivity index is 1.48. The molecule has 0 saturated carbocycles. The summed E-state index contributed by atoms with van der Waals surface area (Å²) >= 11 is 0. The van der Waals surface area contributed by atoms with Gasteiger partial charge in [-0.25, -0.2) is 0 Å². The molecule has 0 aliphatic carbocycles. The summed E-state index contributed by atoms with van der Waals surface area (Å²) in [7, 11) is 0. The number of aliphatic carboxylic acids is 1. The van der Waals surface area contributed by atoms with Crippen molar-refractivity contribution in [2.24, 2.45) is 0 Å². The maximum Gasteiger partial charge on any atom is 0.322 e. The number of aromatic hydroxyl groups is 1. The molecule has 8 heteroatoms. The Labute approximate surface area is 181 Å². The van der Waals surface area contributed by atoms with Gasteiger partial charge in [-0.05, 0) is 61.7 Å². The fourth-order valence-electron chi connectivity index (χ4n) is 3.81. The van der Waals surface area contributed by atoms with Gasteiger partial charge in [0, 0.05) is 36.4 Å². The highest BCUT2D eigenvalue weighted by atomic mass is 16.4. The Morgan fingerprint density at radius 2 is 1.68 bits per heavy atom. The molecule has 8 nitrogen and oxygen atoms in total. The maximum absolute atomic E-state index is 11.9. The Bertz CT molecular complexity index is 877. The van der Waals surface area contributed by atoms with Crippen LogP contribution in [0.4, 0.5) is 5.69 Å². The molecule has 1 amide bonds. The van der Waals surface area contributed by atoms with E-state index >= 15 is 0 Å². The largest absolute Gasteiger partial charge is 0.508 e. The molecule has 0 spiro atoms. The van der Waals surface area contributed by atoms with E-state index in [1.165, 1.54) is 0 Å². The van der Waals surface area contributed by atoms with Gasteiger partial charge in [0.2, 0.25) is 0 Å². The normalized spacial score (nSPS) is 16.5. The van der Waals surface area contributed by atoms with Gasteiger partial charge in [-0.1, -0.05) is 12.1 Å². The first kappa shape index (κ1) is 22.6. The number of hydrogen-bond donors (Lipinski definition) is 5. The number of benzene rings is 2. The Morgan fingerprint density at radius 3 is 2.26 bits per heavy atom. The molecule has 0 unspecified atom stereocenters. The van der Waals surface area contributed by atoms with Gasteiger partial charge in [0.25, 0.3) is 5.91 Å². The van der Waals surface area contributed by atoms with E-state index in [1.807, 2.05) is 19.1 Å². The van der Waals surface area contributed by atoms with Crippen LogP contribution in [0.1, 0.15) is 41.8 Å². The highest BCUT2D eigenvalue weighted by Gasteiger charge is 2.24. The molecule has 0 radical (unpaired) electrons. The molecular weight excluding hydrogens is 398 g/mol. The Hall–Kier alpha value is -3.10. The van der Waals surface area contributed by atoms with Crippen molar-refractivity contribution >= 4 is 17.6 Å². The van der Waals surface area contributed by atoms with Gasteiger partial charge in [0.15, 0.2) is 0 Å². The van der Waals surface area contributed by atoms with Crippen molar-refractivity contribution in [3.8, 4) is 5.75 Å². The first-order valence-electron chi connectivity index (χ1n) is 10.4. The number of nitrogens with zero attached hydrogens (tertiary/aromatic N) is 1. The number of phenols is 1. The van der Waals surface area contributed by atoms with E-state index in [2.05, 4.69) is 15.5 Å². The quantitative estimate of drug-likeness (QED) is 0.436. The molecule has 2 atom stereocenters. The van der Waals surface area contributed by atoms with Crippen LogP contribution in [0.15, 0.2) is 48.5 Å². The molecule has 0 bridgehead atoms. The van der Waals surface area contributed by atoms with Crippen LogP contribution in [0.2, 0.25) is 0 Å². The zero-order valence-corrected chi connectivity index (χ0v) is 17.5. The summed E-state index contributed by atoms with van der Waals surface area (Å²) in [5.41, 5.74) is 2.21. The molecule has 31 heavy (non-hydrogen) atoms. The molecule has 3 rings (SSSR count). The minimum Gasteiger partial charge on any atom is -0.508 e. The van der Waals surface area contributed by atoms with Crippen molar-refractivity contribution in [2.45, 2.75) is 38.0 Å². The van der Waals surface area contributed by atoms with Crippen LogP contribution in [-0.4, -0.2) is 58.9 Å². The highest BCUT2D eigenvalue weighted by molar-refractivity contribution is 5.96. The average molecular weight is 428 g/mol. The first-order valence-corrected chi connectivity index (χ1v) is 10.4. The number of amides is 1. The molecule has 1 aliphatic heterocycles. The third-order valence-electron chi connectivity index (χ3n) is 5.60. The maximum atomic E-state index is 11.9. The summed E-state index contributed by atoms with van der Waals surface area (Å²) < 4.78 is 0. The minimum atomic E-state index is -1.08. The fourth-order valence-corrected chi connectivity index (χ4v) is 3.81. The number of aliphatic hydroxyl groups is 1. The zero-order valence-electron chi connectivity index (χ0n) is 17.5. The molecule has 1 heterocycles. The van der Waals surface area contributed by atoms with E-state index in [9.17, 15) is 19.8 Å². The third kappa shape index (κ3) is 6.19. The van der Waals surface area contributed by atoms with Crippen LogP contribution in [-0.2, 0) is 4.79 Å². The van der Waals surface area contributed by atoms with Crippen LogP contribution in [0.25, 0.3) is 0 Å². The SMILES string of the molecule is C[C@H](NC1CCN(c2ccc(C(=O)NCC(=O)O)cc2)CC1)[C@H](O)c1ccc(O)cc1. The topological polar surface area (TPSA) is 122 Å². The van der Waals surface area contributed by atoms with Crippen LogP contribution in [0, 0.1) is 0 Å². The molecule has 166 valence electrons. The summed E-state index contributed by atoms with van der Waals surface area (Å²) in [6.07, 6.45) is 1.19. The Kier molecular flexibility index (Phi) is 7.49. The van der Waals surface area contributed by atoms with Crippen molar-refractivity contribution < 1.29 is 24.9 Å². The van der Waals surface area contributed by atoms with Crippen LogP contribution in [0.3, 0.4) is 0 Å². The minimum absolute atomic E-state index is 0.121. The lowest BCUT2D eigenvalue weighted by Crippen LogP contribution is -2.47. The highest BCUT2D eigenvalue weighted by Crippen LogP contribution is 2.23. The third-order valence-corrected chi connectivity index (χ3v) is 5.60. The summed E-state index contributed by atoms with van der Waals surface area (Å²) in [4.78, 5) is 24.7. The van der Waals surface area contributed by atoms with E-state index in [0.29, 0.717) is 11.6 Å². The number of nitrogens with one attached hydrogen (secondary N) is 2. The van der Waals surface area contributed by atoms with Gasteiger partial charge in [0.1, 0.15) is 12.3 Å². The van der Waals surface area contributed by atoms with Crippen molar-refractivity contribution in [2.75, 3.05) is 24.5 Å². The van der Waals surface area contributed by atoms with Crippen molar-refractivity contribution in [3.63, 3.8) is 0 Å². The predicted octanol–water partition coefficient (Wildman–Crippen LogP) is 1.89. The number of anilines is 1. The smallest absolute Gasteiger partial charge is 0.322 e. The molecule has 0 aromatic heterocycles. The predicted molar refractivity (Wildman–Crippen MR) is 117 cm³/mol. The molecule has 2 aromatic rings. The number of rotatable bonds is 8. The number of carboxylic acids is 1. The van der Waals surface area contributed by atoms with E-state index in [4.69, 9.17) is 5.11 Å². The van der Waals surface area contributed by atoms with Crippen LogP contribution in [0.5, 0.6) is 5.75 Å². The van der Waals surface area contributed by atoms with Crippen molar-refractivity contribution in [1.82, 2.24) is 10.6 Å². The van der Waals surface area contributed by atoms with Gasteiger partial charge in [-0.15, -0.1) is 0 Å². The first-order chi connectivity index (χ1) is 14.8. The lowest BCUT2D eigenvalue weighted by molar-refractivity contribution is -0.135. The number of aliphatic hydroxyl groups excluding tert-OH is 1. The van der Waals surface area contributed by atoms with E-state index in [1.54, 1.807) is 36.4 Å². The molecule has 1 saturated heterocycles. The average Bonchev–Trinajstić information content (AvgIpc) is 2.78. The Morgan fingerprint density at radius 1 is 1.06 bits per heavy atom. The van der Waals surface area contributed by atoms with E-state index < -0.39 is 24.5 Å². The van der Waals surface area contributed by atoms with Crippen LogP contribution >= 0.6 is 0 Å². The number of carbonyl (C=O) groups is 2. The lowest BCUT2D eigenvalue weighted by Gasteiger charge is -2.36. The molecule has 1 aliphatic rings. The molecule has 2 aromatic carbocycles. The number of piperidine rings is 1. The second kappa shape index (κ2) is 10.3. The van der Waals surface area contributed by atoms with Gasteiger partial charge in [-0.3, -0.25) is 9.59 Å². The van der Waals surface area contributed by atoms with E-state index in [0.717, 1.165) is 37.2 Å². The van der Waals surface area contributed by atoms with Gasteiger partial charge < -0.3 is 30.9 Å². The standard InChI is InChI=1S/C23H29N3O5/c1-15(22(30)16-4-8-20(27)9-5-16)25-18-10-12-26(13-11-18)19-6-2-17(3-7-19)23(31)24-14-21(28)29/h2-9,15,18,22,25,27,30H,10-14H2,1H3,(H,24,31)(H,28,29)/t15-,22-/m0/s1. The van der Waals surface area contributed by atoms with E-state index in [-0.39, 0.29) is 11.8 Å². The van der Waals surface area contributed by atoms with Gasteiger partial charge in [-0.2, -0.15) is 0 Å². The fraction of sp³-hybridized carbons (Fsp3) is 0.391. The monoisotopic (exact) mass is 427 g/mol. The summed E-state index contributed by atoms with van der Waals surface area (Å²) in [5, 5.41) is 34.5. The number of carbonyl (C=O) groups excluding carboxylic acids is 1. The van der Waals surface area contributed by atoms with Gasteiger partial charge in [0.05, 0.1) is 6.10 Å². The van der Waals surface area contributed by atoms with Crippen molar-refractivity contribution in [1.29, 1.82) is 0 Å². The second-order valence-corrected chi connectivity index (χ2v) is 7.88. The molecule has 1 fully saturated rings. The summed E-state index contributed by atoms with van der Waals surface area (Å²) in [5.74, 6) is -1.30. The zero-order chi connectivity index (χ0) is 22.4. The second-order valence-electron chi connectivity index (χ2n) is 7.88. The molecular formula is C23H29N3O5. The lowest BCUT2D eigenvalue weighted by atomic mass is 9.99. The summed E-state index contributed by atoms with van der Waals surface area (Å²) in [6, 6.07) is 13.9. The number of hydrogen-bond acceptors (Lipinski definition) is 6. The number of carboxylic acid groups (broad SMARTS) is 1. The molecule has 5 N–H and O–H groups in total. The summed E-state index contributed by atoms with van der Waals surface area (Å²) in [6.45, 7) is 3.26.